The van der Waals surface area contributed by atoms with Crippen molar-refractivity contribution in [3.63, 3.8) is 0 Å². The van der Waals surface area contributed by atoms with Gasteiger partial charge in [0.15, 0.2) is 0 Å². The summed E-state index contributed by atoms with van der Waals surface area (Å²) in [5, 5.41) is 2.93. The van der Waals surface area contributed by atoms with Crippen LogP contribution >= 0.6 is 11.8 Å². The third kappa shape index (κ3) is 3.35. The lowest BCUT2D eigenvalue weighted by atomic mass is 10.2. The molecule has 2 aliphatic rings. The van der Waals surface area contributed by atoms with E-state index in [1.165, 1.54) is 0 Å². The largest absolute Gasteiger partial charge is 0.315 e. The normalized spacial score (nSPS) is 29.1. The Labute approximate surface area is 102 Å². The predicted molar refractivity (Wildman–Crippen MR) is 68.3 cm³/mol. The van der Waals surface area contributed by atoms with Crippen molar-refractivity contribution >= 4 is 21.8 Å². The molecule has 94 valence electrons. The molecule has 0 aromatic rings. The van der Waals surface area contributed by atoms with Crippen LogP contribution in [0.5, 0.6) is 0 Å². The highest BCUT2D eigenvalue weighted by Crippen LogP contribution is 2.19. The summed E-state index contributed by atoms with van der Waals surface area (Å²) in [6.07, 6.45) is 3.71. The van der Waals surface area contributed by atoms with Crippen LogP contribution < -0.4 is 10.0 Å². The average molecular weight is 264 g/mol. The van der Waals surface area contributed by atoms with Crippen LogP contribution in [0.2, 0.25) is 0 Å². The lowest BCUT2D eigenvalue weighted by Gasteiger charge is -2.27. The molecular weight excluding hydrogens is 244 g/mol. The summed E-state index contributed by atoms with van der Waals surface area (Å²) >= 11 is 1.91. The van der Waals surface area contributed by atoms with Crippen LogP contribution in [0.3, 0.4) is 0 Å². The number of thioether (sulfide) groups is 1. The Bertz CT molecular complexity index is 307. The first-order valence-electron chi connectivity index (χ1n) is 5.98. The standard InChI is InChI=1S/C10H20N2O2S2/c13-16(14,10-2-1-5-11-8-10)12-9-3-6-15-7-4-9/h9-12H,1-8H2. The minimum absolute atomic E-state index is 0.174. The molecule has 0 bridgehead atoms. The van der Waals surface area contributed by atoms with Crippen LogP contribution in [0.4, 0.5) is 0 Å². The summed E-state index contributed by atoms with van der Waals surface area (Å²) in [5.41, 5.74) is 0. The first-order chi connectivity index (χ1) is 7.68. The molecule has 2 heterocycles. The van der Waals surface area contributed by atoms with Gasteiger partial charge in [0.25, 0.3) is 0 Å². The smallest absolute Gasteiger partial charge is 0.215 e. The van der Waals surface area contributed by atoms with E-state index in [0.717, 1.165) is 43.7 Å². The molecule has 0 saturated carbocycles. The van der Waals surface area contributed by atoms with Gasteiger partial charge in [0.2, 0.25) is 10.0 Å². The monoisotopic (exact) mass is 264 g/mol. The highest BCUT2D eigenvalue weighted by Gasteiger charge is 2.29. The van der Waals surface area contributed by atoms with Gasteiger partial charge in [0.05, 0.1) is 5.25 Å². The number of hydrogen-bond donors (Lipinski definition) is 2. The quantitative estimate of drug-likeness (QED) is 0.782. The van der Waals surface area contributed by atoms with Crippen molar-refractivity contribution in [1.82, 2.24) is 10.0 Å². The van der Waals surface area contributed by atoms with E-state index in [2.05, 4.69) is 10.0 Å². The molecule has 6 heteroatoms. The van der Waals surface area contributed by atoms with Gasteiger partial charge in [0.1, 0.15) is 0 Å². The lowest BCUT2D eigenvalue weighted by Crippen LogP contribution is -2.48. The van der Waals surface area contributed by atoms with Crippen molar-refractivity contribution in [3.05, 3.63) is 0 Å². The second-order valence-corrected chi connectivity index (χ2v) is 7.74. The molecule has 0 aromatic heterocycles. The summed E-state index contributed by atoms with van der Waals surface area (Å²) in [6, 6.07) is 0.174. The average Bonchev–Trinajstić information content (AvgIpc) is 2.31. The van der Waals surface area contributed by atoms with Crippen LogP contribution in [0, 0.1) is 0 Å². The van der Waals surface area contributed by atoms with Crippen LogP contribution in [-0.2, 0) is 10.0 Å². The predicted octanol–water partition coefficient (Wildman–Crippen LogP) is 0.553. The molecule has 2 saturated heterocycles. The first kappa shape index (κ1) is 12.7. The zero-order valence-corrected chi connectivity index (χ0v) is 11.1. The molecule has 1 unspecified atom stereocenters. The molecule has 0 radical (unpaired) electrons. The van der Waals surface area contributed by atoms with Gasteiger partial charge < -0.3 is 5.32 Å². The molecule has 2 rings (SSSR count). The number of hydrogen-bond acceptors (Lipinski definition) is 4. The zero-order chi connectivity index (χ0) is 11.4. The number of piperidine rings is 1. The van der Waals surface area contributed by atoms with Crippen LogP contribution in [0.25, 0.3) is 0 Å². The molecule has 1 atom stereocenters. The summed E-state index contributed by atoms with van der Waals surface area (Å²) in [6.45, 7) is 1.56. The zero-order valence-electron chi connectivity index (χ0n) is 9.44. The van der Waals surface area contributed by atoms with Gasteiger partial charge in [-0.25, -0.2) is 13.1 Å². The topological polar surface area (TPSA) is 58.2 Å². The molecule has 2 aliphatic heterocycles. The second-order valence-electron chi connectivity index (χ2n) is 4.52. The maximum absolute atomic E-state index is 12.1. The van der Waals surface area contributed by atoms with Gasteiger partial charge in [-0.2, -0.15) is 11.8 Å². The summed E-state index contributed by atoms with van der Waals surface area (Å²) in [5.74, 6) is 2.16. The molecule has 0 amide bonds. The molecule has 0 spiro atoms. The van der Waals surface area contributed by atoms with Gasteiger partial charge >= 0.3 is 0 Å². The van der Waals surface area contributed by atoms with Crippen molar-refractivity contribution < 1.29 is 8.42 Å². The van der Waals surface area contributed by atoms with E-state index >= 15 is 0 Å². The van der Waals surface area contributed by atoms with E-state index in [1.54, 1.807) is 0 Å². The summed E-state index contributed by atoms with van der Waals surface area (Å²) in [7, 11) is -3.10. The van der Waals surface area contributed by atoms with E-state index in [9.17, 15) is 8.42 Å². The Morgan fingerprint density at radius 3 is 2.56 bits per heavy atom. The lowest BCUT2D eigenvalue weighted by molar-refractivity contribution is 0.474. The van der Waals surface area contributed by atoms with E-state index in [0.29, 0.717) is 6.54 Å². The molecule has 0 aliphatic carbocycles. The minimum Gasteiger partial charge on any atom is -0.315 e. The Kier molecular flexibility index (Phi) is 4.52. The van der Waals surface area contributed by atoms with E-state index in [4.69, 9.17) is 0 Å². The maximum atomic E-state index is 12.1. The minimum atomic E-state index is -3.10. The van der Waals surface area contributed by atoms with Gasteiger partial charge in [-0.05, 0) is 43.7 Å². The number of sulfonamides is 1. The molecular formula is C10H20N2O2S2. The fraction of sp³-hybridized carbons (Fsp3) is 1.00. The van der Waals surface area contributed by atoms with Crippen molar-refractivity contribution in [2.24, 2.45) is 0 Å². The van der Waals surface area contributed by atoms with Gasteiger partial charge in [-0.1, -0.05) is 0 Å². The Morgan fingerprint density at radius 1 is 1.19 bits per heavy atom. The highest BCUT2D eigenvalue weighted by atomic mass is 32.2. The van der Waals surface area contributed by atoms with E-state index in [1.807, 2.05) is 11.8 Å². The Hall–Kier alpha value is 0.220. The van der Waals surface area contributed by atoms with Gasteiger partial charge in [0, 0.05) is 12.6 Å². The van der Waals surface area contributed by atoms with Crippen LogP contribution in [0.15, 0.2) is 0 Å². The number of rotatable bonds is 3. The fourth-order valence-electron chi connectivity index (χ4n) is 2.23. The van der Waals surface area contributed by atoms with Crippen molar-refractivity contribution in [2.45, 2.75) is 37.0 Å². The van der Waals surface area contributed by atoms with Crippen molar-refractivity contribution in [1.29, 1.82) is 0 Å². The van der Waals surface area contributed by atoms with Crippen LogP contribution in [0.1, 0.15) is 25.7 Å². The molecule has 4 nitrogen and oxygen atoms in total. The molecule has 2 fully saturated rings. The third-order valence-corrected chi connectivity index (χ3v) is 6.23. The fourth-order valence-corrected chi connectivity index (χ4v) is 5.04. The molecule has 2 N–H and O–H groups in total. The van der Waals surface area contributed by atoms with Crippen molar-refractivity contribution in [3.8, 4) is 0 Å². The molecule has 16 heavy (non-hydrogen) atoms. The Morgan fingerprint density at radius 2 is 1.94 bits per heavy atom. The Balaban J connectivity index is 1.90. The van der Waals surface area contributed by atoms with Gasteiger partial charge in [-0.15, -0.1) is 0 Å². The molecule has 0 aromatic carbocycles. The van der Waals surface area contributed by atoms with E-state index in [-0.39, 0.29) is 11.3 Å². The SMILES string of the molecule is O=S(=O)(NC1CCSCC1)C1CCCNC1. The highest BCUT2D eigenvalue weighted by molar-refractivity contribution is 7.99. The summed E-state index contributed by atoms with van der Waals surface area (Å²) < 4.78 is 27.1. The number of nitrogens with one attached hydrogen (secondary N) is 2. The van der Waals surface area contributed by atoms with Gasteiger partial charge in [-0.3, -0.25) is 0 Å². The second kappa shape index (κ2) is 5.71. The van der Waals surface area contributed by atoms with Crippen LogP contribution in [-0.4, -0.2) is 44.3 Å². The summed E-state index contributed by atoms with van der Waals surface area (Å²) in [4.78, 5) is 0. The third-order valence-electron chi connectivity index (χ3n) is 3.24. The first-order valence-corrected chi connectivity index (χ1v) is 8.68. The van der Waals surface area contributed by atoms with E-state index < -0.39 is 10.0 Å². The maximum Gasteiger partial charge on any atom is 0.215 e. The van der Waals surface area contributed by atoms with Crippen molar-refractivity contribution in [2.75, 3.05) is 24.6 Å².